The fourth-order valence-corrected chi connectivity index (χ4v) is 2.76. The Labute approximate surface area is 123 Å². The lowest BCUT2D eigenvalue weighted by atomic mass is 10.0. The van der Waals surface area contributed by atoms with Gasteiger partial charge in [0.15, 0.2) is 9.84 Å². The summed E-state index contributed by atoms with van der Waals surface area (Å²) in [5.41, 5.74) is 1.66. The fraction of sp³-hybridized carbons (Fsp3) is 0.750. The van der Waals surface area contributed by atoms with Gasteiger partial charge in [0, 0.05) is 19.2 Å². The summed E-state index contributed by atoms with van der Waals surface area (Å²) in [6.07, 6.45) is 0.406. The van der Waals surface area contributed by atoms with E-state index in [1.165, 1.54) is 0 Å². The van der Waals surface area contributed by atoms with Gasteiger partial charge < -0.3 is 5.11 Å². The van der Waals surface area contributed by atoms with E-state index >= 15 is 0 Å². The van der Waals surface area contributed by atoms with Crippen LogP contribution < -0.4 is 0 Å². The van der Waals surface area contributed by atoms with Crippen molar-refractivity contribution in [3.8, 4) is 0 Å². The molecular weight excluding hydrogens is 332 g/mol. The minimum absolute atomic E-state index is 0.245. The van der Waals surface area contributed by atoms with E-state index in [2.05, 4.69) is 21.0 Å². The van der Waals surface area contributed by atoms with Gasteiger partial charge >= 0.3 is 0 Å². The molecule has 0 aromatic carbocycles. The van der Waals surface area contributed by atoms with Gasteiger partial charge in [0.1, 0.15) is 0 Å². The third-order valence-corrected chi connectivity index (χ3v) is 6.81. The number of hydrogen-bond donors (Lipinski definition) is 1. The summed E-state index contributed by atoms with van der Waals surface area (Å²) in [4.78, 5) is 0. The molecule has 1 aromatic heterocycles. The van der Waals surface area contributed by atoms with E-state index in [1.54, 1.807) is 18.5 Å². The molecule has 1 aromatic rings. The standard InChI is InChI=1S/C12H21BrN2O3S/c1-6-15-9(11(13)8(2)14-15)7-10(16)12(3,4)19(5,17)18/h10,16H,6-7H2,1-5H3. The molecule has 0 bridgehead atoms. The minimum atomic E-state index is -3.34. The lowest BCUT2D eigenvalue weighted by molar-refractivity contribution is 0.135. The van der Waals surface area contributed by atoms with Crippen molar-refractivity contribution in [1.29, 1.82) is 0 Å². The van der Waals surface area contributed by atoms with Gasteiger partial charge in [-0.2, -0.15) is 5.10 Å². The minimum Gasteiger partial charge on any atom is -0.391 e. The summed E-state index contributed by atoms with van der Waals surface area (Å²) in [7, 11) is -3.34. The van der Waals surface area contributed by atoms with Gasteiger partial charge in [-0.15, -0.1) is 0 Å². The quantitative estimate of drug-likeness (QED) is 0.875. The molecule has 0 saturated heterocycles. The van der Waals surface area contributed by atoms with E-state index in [4.69, 9.17) is 0 Å². The molecule has 5 nitrogen and oxygen atoms in total. The van der Waals surface area contributed by atoms with E-state index in [9.17, 15) is 13.5 Å². The van der Waals surface area contributed by atoms with Crippen molar-refractivity contribution in [3.63, 3.8) is 0 Å². The second-order valence-corrected chi connectivity index (χ2v) is 8.65. The van der Waals surface area contributed by atoms with Gasteiger partial charge in [0.25, 0.3) is 0 Å². The molecule has 1 rings (SSSR count). The number of aliphatic hydroxyl groups is 1. The summed E-state index contributed by atoms with van der Waals surface area (Å²) in [6, 6.07) is 0. The fourth-order valence-electron chi connectivity index (χ4n) is 1.74. The van der Waals surface area contributed by atoms with Crippen LogP contribution in [0.2, 0.25) is 0 Å². The predicted molar refractivity (Wildman–Crippen MR) is 79.0 cm³/mol. The lowest BCUT2D eigenvalue weighted by Crippen LogP contribution is -2.44. The van der Waals surface area contributed by atoms with Gasteiger partial charge in [0.05, 0.1) is 26.7 Å². The van der Waals surface area contributed by atoms with Crippen LogP contribution in [0.4, 0.5) is 0 Å². The van der Waals surface area contributed by atoms with Crippen molar-refractivity contribution in [2.24, 2.45) is 0 Å². The number of nitrogens with zero attached hydrogens (tertiary/aromatic N) is 2. The van der Waals surface area contributed by atoms with E-state index in [0.29, 0.717) is 6.54 Å². The van der Waals surface area contributed by atoms with E-state index in [0.717, 1.165) is 22.1 Å². The third kappa shape index (κ3) is 3.20. The number of aryl methyl sites for hydroxylation is 2. The first-order valence-electron chi connectivity index (χ1n) is 6.11. The molecule has 0 aliphatic rings. The van der Waals surface area contributed by atoms with E-state index in [-0.39, 0.29) is 6.42 Å². The number of aromatic nitrogens is 2. The van der Waals surface area contributed by atoms with Gasteiger partial charge in [-0.1, -0.05) is 0 Å². The molecule has 110 valence electrons. The monoisotopic (exact) mass is 352 g/mol. The maximum Gasteiger partial charge on any atom is 0.155 e. The molecule has 0 spiro atoms. The number of hydrogen-bond acceptors (Lipinski definition) is 4. The van der Waals surface area contributed by atoms with Crippen molar-refractivity contribution in [2.45, 2.75) is 51.5 Å². The van der Waals surface area contributed by atoms with Crippen LogP contribution >= 0.6 is 15.9 Å². The molecule has 1 heterocycles. The van der Waals surface area contributed by atoms with Crippen molar-refractivity contribution >= 4 is 25.8 Å². The Balaban J connectivity index is 3.10. The van der Waals surface area contributed by atoms with Crippen molar-refractivity contribution in [2.75, 3.05) is 6.26 Å². The van der Waals surface area contributed by atoms with Gasteiger partial charge in [0.2, 0.25) is 0 Å². The molecule has 0 fully saturated rings. The first-order chi connectivity index (χ1) is 8.52. The first-order valence-corrected chi connectivity index (χ1v) is 8.80. The molecule has 0 aliphatic heterocycles. The zero-order chi connectivity index (χ0) is 15.0. The highest BCUT2D eigenvalue weighted by molar-refractivity contribution is 9.10. The van der Waals surface area contributed by atoms with Crippen molar-refractivity contribution in [3.05, 3.63) is 15.9 Å². The highest BCUT2D eigenvalue weighted by Gasteiger charge is 2.38. The van der Waals surface area contributed by atoms with Gasteiger partial charge in [-0.25, -0.2) is 8.42 Å². The van der Waals surface area contributed by atoms with Gasteiger partial charge in [-0.3, -0.25) is 4.68 Å². The Morgan fingerprint density at radius 2 is 2.00 bits per heavy atom. The maximum absolute atomic E-state index is 11.7. The predicted octanol–water partition coefficient (Wildman–Crippen LogP) is 1.70. The molecule has 19 heavy (non-hydrogen) atoms. The van der Waals surface area contributed by atoms with Crippen LogP contribution in [0.25, 0.3) is 0 Å². The lowest BCUT2D eigenvalue weighted by Gasteiger charge is -2.28. The van der Waals surface area contributed by atoms with Crippen molar-refractivity contribution in [1.82, 2.24) is 9.78 Å². The second-order valence-electron chi connectivity index (χ2n) is 5.26. The highest BCUT2D eigenvalue weighted by Crippen LogP contribution is 2.27. The Hall–Kier alpha value is -0.400. The molecule has 0 radical (unpaired) electrons. The molecule has 1 atom stereocenters. The number of aliphatic hydroxyl groups excluding tert-OH is 1. The molecule has 0 saturated carbocycles. The molecular formula is C12H21BrN2O3S. The summed E-state index contributed by atoms with van der Waals surface area (Å²) in [5.74, 6) is 0. The zero-order valence-corrected chi connectivity index (χ0v) is 14.3. The average Bonchev–Trinajstić information content (AvgIpc) is 2.55. The Kier molecular flexibility index (Phi) is 4.85. The van der Waals surface area contributed by atoms with E-state index in [1.807, 2.05) is 13.8 Å². The van der Waals surface area contributed by atoms with Crippen LogP contribution in [-0.4, -0.2) is 40.4 Å². The average molecular weight is 353 g/mol. The van der Waals surface area contributed by atoms with Crippen LogP contribution in [0.5, 0.6) is 0 Å². The molecule has 7 heteroatoms. The summed E-state index contributed by atoms with van der Waals surface area (Å²) >= 11 is 3.44. The maximum atomic E-state index is 11.7. The summed E-state index contributed by atoms with van der Waals surface area (Å²) < 4.78 is 24.9. The molecule has 1 N–H and O–H groups in total. The van der Waals surface area contributed by atoms with Crippen LogP contribution in [0.15, 0.2) is 4.47 Å². The zero-order valence-electron chi connectivity index (χ0n) is 11.9. The Morgan fingerprint density at radius 1 is 1.47 bits per heavy atom. The molecule has 0 amide bonds. The number of halogens is 1. The molecule has 1 unspecified atom stereocenters. The van der Waals surface area contributed by atoms with Crippen LogP contribution in [-0.2, 0) is 22.8 Å². The first kappa shape index (κ1) is 16.7. The smallest absolute Gasteiger partial charge is 0.155 e. The summed E-state index contributed by atoms with van der Waals surface area (Å²) in [6.45, 7) is 7.58. The Morgan fingerprint density at radius 3 is 2.42 bits per heavy atom. The third-order valence-electron chi connectivity index (χ3n) is 3.60. The molecule has 0 aliphatic carbocycles. The number of sulfone groups is 1. The van der Waals surface area contributed by atoms with E-state index < -0.39 is 20.7 Å². The highest BCUT2D eigenvalue weighted by atomic mass is 79.9. The topological polar surface area (TPSA) is 72.2 Å². The number of rotatable bonds is 5. The summed E-state index contributed by atoms with van der Waals surface area (Å²) in [5, 5.41) is 14.6. The van der Waals surface area contributed by atoms with Gasteiger partial charge in [-0.05, 0) is 43.6 Å². The van der Waals surface area contributed by atoms with Crippen molar-refractivity contribution < 1.29 is 13.5 Å². The SMILES string of the molecule is CCn1nc(C)c(Br)c1CC(O)C(C)(C)S(C)(=O)=O. The van der Waals surface area contributed by atoms with Crippen LogP contribution in [0.3, 0.4) is 0 Å². The largest absolute Gasteiger partial charge is 0.391 e. The normalized spacial score (nSPS) is 14.7. The second kappa shape index (κ2) is 5.54. The van der Waals surface area contributed by atoms with Crippen LogP contribution in [0.1, 0.15) is 32.2 Å². The Bertz CT molecular complexity index is 564. The van der Waals surface area contributed by atoms with Crippen LogP contribution in [0, 0.1) is 6.92 Å².